The SMILES string of the molecule is CC(C)c1cc2c(cc1Oc1ccc(C(=O)O)cc1)C(C)(C)CCC2(C)C. The fraction of sp³-hybridized carbons (Fsp3) is 0.458. The molecule has 0 saturated carbocycles. The summed E-state index contributed by atoms with van der Waals surface area (Å²) in [6, 6.07) is 11.2. The van der Waals surface area contributed by atoms with Crippen molar-refractivity contribution in [3.05, 3.63) is 58.7 Å². The summed E-state index contributed by atoms with van der Waals surface area (Å²) in [5.41, 5.74) is 4.53. The van der Waals surface area contributed by atoms with E-state index in [0.29, 0.717) is 11.7 Å². The number of carbonyl (C=O) groups is 1. The van der Waals surface area contributed by atoms with Crippen molar-refractivity contribution in [3.63, 3.8) is 0 Å². The molecular formula is C24H30O3. The van der Waals surface area contributed by atoms with Gasteiger partial charge in [-0.15, -0.1) is 0 Å². The molecule has 0 aliphatic heterocycles. The Balaban J connectivity index is 2.08. The maximum absolute atomic E-state index is 11.1. The molecule has 144 valence electrons. The van der Waals surface area contributed by atoms with Crippen LogP contribution in [0.3, 0.4) is 0 Å². The molecule has 1 aliphatic carbocycles. The number of carboxylic acids is 1. The van der Waals surface area contributed by atoms with Crippen molar-refractivity contribution in [2.75, 3.05) is 0 Å². The third kappa shape index (κ3) is 3.73. The number of ether oxygens (including phenoxy) is 1. The van der Waals surface area contributed by atoms with Crippen molar-refractivity contribution >= 4 is 5.97 Å². The molecule has 0 fully saturated rings. The highest BCUT2D eigenvalue weighted by molar-refractivity contribution is 5.87. The minimum Gasteiger partial charge on any atom is -0.478 e. The lowest BCUT2D eigenvalue weighted by Crippen LogP contribution is -2.34. The van der Waals surface area contributed by atoms with Crippen LogP contribution in [-0.4, -0.2) is 11.1 Å². The van der Waals surface area contributed by atoms with Crippen molar-refractivity contribution in [2.24, 2.45) is 0 Å². The van der Waals surface area contributed by atoms with Crippen LogP contribution in [-0.2, 0) is 10.8 Å². The zero-order valence-electron chi connectivity index (χ0n) is 17.2. The highest BCUT2D eigenvalue weighted by atomic mass is 16.5. The lowest BCUT2D eigenvalue weighted by atomic mass is 9.62. The predicted molar refractivity (Wildman–Crippen MR) is 109 cm³/mol. The van der Waals surface area contributed by atoms with Gasteiger partial charge in [0.25, 0.3) is 0 Å². The van der Waals surface area contributed by atoms with E-state index >= 15 is 0 Å². The van der Waals surface area contributed by atoms with Gasteiger partial charge in [0.1, 0.15) is 11.5 Å². The van der Waals surface area contributed by atoms with Gasteiger partial charge in [-0.25, -0.2) is 4.79 Å². The quantitative estimate of drug-likeness (QED) is 0.659. The zero-order chi connectivity index (χ0) is 20.0. The van der Waals surface area contributed by atoms with Crippen molar-refractivity contribution in [1.29, 1.82) is 0 Å². The van der Waals surface area contributed by atoms with Gasteiger partial charge in [-0.3, -0.25) is 0 Å². The van der Waals surface area contributed by atoms with Gasteiger partial charge in [0.05, 0.1) is 5.56 Å². The summed E-state index contributed by atoms with van der Waals surface area (Å²) in [5.74, 6) is 0.943. The number of aromatic carboxylic acids is 1. The summed E-state index contributed by atoms with van der Waals surface area (Å²) in [6.07, 6.45) is 2.34. The number of rotatable bonds is 4. The van der Waals surface area contributed by atoms with E-state index in [2.05, 4.69) is 53.7 Å². The molecule has 1 N–H and O–H groups in total. The van der Waals surface area contributed by atoms with Crippen LogP contribution in [0.2, 0.25) is 0 Å². The largest absolute Gasteiger partial charge is 0.478 e. The van der Waals surface area contributed by atoms with Crippen molar-refractivity contribution in [2.45, 2.75) is 71.1 Å². The van der Waals surface area contributed by atoms with E-state index in [0.717, 1.165) is 12.2 Å². The van der Waals surface area contributed by atoms with E-state index in [9.17, 15) is 4.79 Å². The topological polar surface area (TPSA) is 46.5 Å². The van der Waals surface area contributed by atoms with E-state index in [1.54, 1.807) is 24.3 Å². The van der Waals surface area contributed by atoms with E-state index in [-0.39, 0.29) is 16.4 Å². The summed E-state index contributed by atoms with van der Waals surface area (Å²) in [4.78, 5) is 11.1. The molecule has 0 spiro atoms. The summed E-state index contributed by atoms with van der Waals surface area (Å²) >= 11 is 0. The lowest BCUT2D eigenvalue weighted by Gasteiger charge is -2.42. The Labute approximate surface area is 162 Å². The Hall–Kier alpha value is -2.29. The van der Waals surface area contributed by atoms with Crippen molar-refractivity contribution in [3.8, 4) is 11.5 Å². The van der Waals surface area contributed by atoms with Gasteiger partial charge < -0.3 is 9.84 Å². The van der Waals surface area contributed by atoms with Crippen LogP contribution >= 0.6 is 0 Å². The number of benzene rings is 2. The first-order valence-electron chi connectivity index (χ1n) is 9.71. The second-order valence-electron chi connectivity index (χ2n) is 9.29. The first-order valence-corrected chi connectivity index (χ1v) is 9.71. The third-order valence-corrected chi connectivity index (χ3v) is 5.93. The second kappa shape index (κ2) is 6.70. The molecule has 3 nitrogen and oxygen atoms in total. The molecular weight excluding hydrogens is 336 g/mol. The molecule has 0 atom stereocenters. The van der Waals surface area contributed by atoms with Crippen LogP contribution in [0.4, 0.5) is 0 Å². The van der Waals surface area contributed by atoms with Gasteiger partial charge in [0.15, 0.2) is 0 Å². The molecule has 3 rings (SSSR count). The second-order valence-corrected chi connectivity index (χ2v) is 9.29. The standard InChI is InChI=1S/C24H30O3/c1-15(2)18-13-19-20(24(5,6)12-11-23(19,3)4)14-21(18)27-17-9-7-16(8-10-17)22(25)26/h7-10,13-15H,11-12H2,1-6H3,(H,25,26). The first-order chi connectivity index (χ1) is 12.5. The minimum atomic E-state index is -0.929. The Morgan fingerprint density at radius 2 is 1.48 bits per heavy atom. The molecule has 2 aromatic carbocycles. The summed E-state index contributed by atoms with van der Waals surface area (Å²) in [6.45, 7) is 13.6. The monoisotopic (exact) mass is 366 g/mol. The summed E-state index contributed by atoms with van der Waals surface area (Å²) < 4.78 is 6.24. The molecule has 0 saturated heterocycles. The molecule has 27 heavy (non-hydrogen) atoms. The van der Waals surface area contributed by atoms with Crippen molar-refractivity contribution in [1.82, 2.24) is 0 Å². The maximum Gasteiger partial charge on any atom is 0.335 e. The van der Waals surface area contributed by atoms with E-state index < -0.39 is 5.97 Å². The fourth-order valence-electron chi connectivity index (χ4n) is 3.94. The van der Waals surface area contributed by atoms with E-state index in [1.165, 1.54) is 23.1 Å². The molecule has 0 unspecified atom stereocenters. The van der Waals surface area contributed by atoms with Crippen LogP contribution in [0.25, 0.3) is 0 Å². The highest BCUT2D eigenvalue weighted by Gasteiger charge is 2.38. The Bertz CT molecular complexity index is 858. The van der Waals surface area contributed by atoms with Crippen LogP contribution in [0, 0.1) is 0 Å². The van der Waals surface area contributed by atoms with Gasteiger partial charge >= 0.3 is 5.97 Å². The first kappa shape index (κ1) is 19.5. The van der Waals surface area contributed by atoms with Crippen molar-refractivity contribution < 1.29 is 14.6 Å². The number of fused-ring (bicyclic) bond motifs is 1. The minimum absolute atomic E-state index is 0.117. The Morgan fingerprint density at radius 1 is 0.963 bits per heavy atom. The van der Waals surface area contributed by atoms with Crippen LogP contribution in [0.15, 0.2) is 36.4 Å². The number of carboxylic acid groups (broad SMARTS) is 1. The molecule has 2 aromatic rings. The predicted octanol–water partition coefficient (Wildman–Crippen LogP) is 6.65. The zero-order valence-corrected chi connectivity index (χ0v) is 17.2. The molecule has 0 bridgehead atoms. The normalized spacial score (nSPS) is 17.4. The average molecular weight is 367 g/mol. The average Bonchev–Trinajstić information content (AvgIpc) is 2.59. The van der Waals surface area contributed by atoms with Gasteiger partial charge in [-0.1, -0.05) is 47.6 Å². The van der Waals surface area contributed by atoms with E-state index in [4.69, 9.17) is 9.84 Å². The van der Waals surface area contributed by atoms with Crippen LogP contribution < -0.4 is 4.74 Å². The maximum atomic E-state index is 11.1. The molecule has 1 aliphatic rings. The molecule has 0 aromatic heterocycles. The van der Waals surface area contributed by atoms with Crippen LogP contribution in [0.5, 0.6) is 11.5 Å². The van der Waals surface area contributed by atoms with Crippen LogP contribution in [0.1, 0.15) is 87.4 Å². The molecule has 0 heterocycles. The van der Waals surface area contributed by atoms with E-state index in [1.807, 2.05) is 0 Å². The molecule has 0 radical (unpaired) electrons. The molecule has 3 heteroatoms. The Morgan fingerprint density at radius 3 is 1.96 bits per heavy atom. The highest BCUT2D eigenvalue weighted by Crippen LogP contribution is 2.49. The number of hydrogen-bond donors (Lipinski definition) is 1. The van der Waals surface area contributed by atoms with Gasteiger partial charge in [-0.05, 0) is 76.6 Å². The summed E-state index contributed by atoms with van der Waals surface area (Å²) in [5, 5.41) is 9.08. The fourth-order valence-corrected chi connectivity index (χ4v) is 3.94. The van der Waals surface area contributed by atoms with Gasteiger partial charge in [-0.2, -0.15) is 0 Å². The summed E-state index contributed by atoms with van der Waals surface area (Å²) in [7, 11) is 0. The smallest absolute Gasteiger partial charge is 0.335 e. The third-order valence-electron chi connectivity index (χ3n) is 5.93. The van der Waals surface area contributed by atoms with Gasteiger partial charge in [0, 0.05) is 0 Å². The lowest BCUT2D eigenvalue weighted by molar-refractivity contribution is 0.0697. The molecule has 0 amide bonds. The Kier molecular flexibility index (Phi) is 4.83. The number of hydrogen-bond acceptors (Lipinski definition) is 2. The van der Waals surface area contributed by atoms with Gasteiger partial charge in [0.2, 0.25) is 0 Å².